The number of aromatic nitrogens is 1. The Kier molecular flexibility index (Phi) is 6.97. The molecule has 1 unspecified atom stereocenters. The van der Waals surface area contributed by atoms with Crippen LogP contribution in [0.4, 0.5) is 10.2 Å². The molecule has 164 valence electrons. The summed E-state index contributed by atoms with van der Waals surface area (Å²) in [5, 5.41) is 4.09. The standard InChI is InChI=1S/C22H31FN4O3/c1-15-8-6-7-11-27(15)13-12-26(4)22(28)19-20(30-24-21(19)25(2)3)16-9-10-17(23)18(14-16)29-5/h9-10,14-15H,6-8,11-13H2,1-5H3. The number of methoxy groups -OCH3 is 1. The van der Waals surface area contributed by atoms with Gasteiger partial charge in [0.15, 0.2) is 23.1 Å². The monoisotopic (exact) mass is 418 g/mol. The van der Waals surface area contributed by atoms with Gasteiger partial charge in [0.2, 0.25) is 0 Å². The quantitative estimate of drug-likeness (QED) is 0.686. The first-order valence-corrected chi connectivity index (χ1v) is 10.3. The Labute approximate surface area is 177 Å². The molecule has 1 fully saturated rings. The average molecular weight is 419 g/mol. The summed E-state index contributed by atoms with van der Waals surface area (Å²) in [7, 11) is 6.80. The van der Waals surface area contributed by atoms with Gasteiger partial charge in [0.05, 0.1) is 7.11 Å². The summed E-state index contributed by atoms with van der Waals surface area (Å²) in [5.41, 5.74) is 0.901. The number of halogens is 1. The van der Waals surface area contributed by atoms with Crippen LogP contribution < -0.4 is 9.64 Å². The maximum atomic E-state index is 13.9. The Morgan fingerprint density at radius 3 is 2.77 bits per heavy atom. The third kappa shape index (κ3) is 4.59. The van der Waals surface area contributed by atoms with E-state index in [2.05, 4.69) is 17.0 Å². The Morgan fingerprint density at radius 2 is 2.10 bits per heavy atom. The molecule has 0 bridgehead atoms. The lowest BCUT2D eigenvalue weighted by Gasteiger charge is -2.34. The Hall–Kier alpha value is -2.61. The number of rotatable bonds is 7. The molecule has 8 heteroatoms. The lowest BCUT2D eigenvalue weighted by molar-refractivity contribution is 0.0753. The zero-order valence-corrected chi connectivity index (χ0v) is 18.4. The van der Waals surface area contributed by atoms with Crippen molar-refractivity contribution in [3.63, 3.8) is 0 Å². The number of hydrogen-bond donors (Lipinski definition) is 0. The summed E-state index contributed by atoms with van der Waals surface area (Å²) in [5.74, 6) is 0.176. The molecule has 1 aromatic heterocycles. The van der Waals surface area contributed by atoms with E-state index < -0.39 is 5.82 Å². The molecule has 1 aliphatic heterocycles. The van der Waals surface area contributed by atoms with E-state index >= 15 is 0 Å². The second-order valence-electron chi connectivity index (χ2n) is 8.06. The van der Waals surface area contributed by atoms with Crippen LogP contribution in [0, 0.1) is 5.82 Å². The molecule has 0 aliphatic carbocycles. The number of carbonyl (C=O) groups is 1. The molecule has 2 heterocycles. The largest absolute Gasteiger partial charge is 0.494 e. The third-order valence-corrected chi connectivity index (χ3v) is 5.73. The predicted molar refractivity (Wildman–Crippen MR) is 115 cm³/mol. The second-order valence-corrected chi connectivity index (χ2v) is 8.06. The minimum absolute atomic E-state index is 0.0844. The maximum absolute atomic E-state index is 13.9. The van der Waals surface area contributed by atoms with E-state index in [4.69, 9.17) is 9.26 Å². The van der Waals surface area contributed by atoms with E-state index in [9.17, 15) is 9.18 Å². The summed E-state index contributed by atoms with van der Waals surface area (Å²) in [4.78, 5) is 19.2. The number of likely N-dealkylation sites (N-methyl/N-ethyl adjacent to an activating group) is 1. The van der Waals surface area contributed by atoms with Crippen LogP contribution in [-0.4, -0.2) is 74.8 Å². The van der Waals surface area contributed by atoms with E-state index in [1.165, 1.54) is 38.5 Å². The topological polar surface area (TPSA) is 62.1 Å². The molecular weight excluding hydrogens is 387 g/mol. The number of likely N-dealkylation sites (tertiary alicyclic amines) is 1. The van der Waals surface area contributed by atoms with Crippen molar-refractivity contribution in [2.45, 2.75) is 32.2 Å². The Morgan fingerprint density at radius 1 is 1.33 bits per heavy atom. The molecule has 0 saturated carbocycles. The smallest absolute Gasteiger partial charge is 0.261 e. The van der Waals surface area contributed by atoms with E-state index in [1.807, 2.05) is 0 Å². The van der Waals surface area contributed by atoms with Crippen molar-refractivity contribution in [3.05, 3.63) is 29.6 Å². The molecule has 0 N–H and O–H groups in total. The number of piperidine rings is 1. The summed E-state index contributed by atoms with van der Waals surface area (Å²) in [6.45, 7) is 4.74. The molecule has 1 aliphatic rings. The number of hydrogen-bond acceptors (Lipinski definition) is 6. The van der Waals surface area contributed by atoms with Crippen molar-refractivity contribution in [1.29, 1.82) is 0 Å². The van der Waals surface area contributed by atoms with Crippen LogP contribution in [0.2, 0.25) is 0 Å². The van der Waals surface area contributed by atoms with E-state index in [1.54, 1.807) is 37.0 Å². The van der Waals surface area contributed by atoms with E-state index in [-0.39, 0.29) is 11.7 Å². The zero-order chi connectivity index (χ0) is 21.8. The average Bonchev–Trinajstić information content (AvgIpc) is 3.18. The molecule has 1 aromatic carbocycles. The normalized spacial score (nSPS) is 17.1. The highest BCUT2D eigenvalue weighted by molar-refractivity contribution is 6.04. The summed E-state index contributed by atoms with van der Waals surface area (Å²) in [6, 6.07) is 4.91. The fourth-order valence-corrected chi connectivity index (χ4v) is 3.84. The van der Waals surface area contributed by atoms with Gasteiger partial charge < -0.3 is 19.1 Å². The van der Waals surface area contributed by atoms with Crippen LogP contribution in [0.25, 0.3) is 11.3 Å². The lowest BCUT2D eigenvalue weighted by atomic mass is 10.0. The van der Waals surface area contributed by atoms with Gasteiger partial charge in [-0.25, -0.2) is 4.39 Å². The second kappa shape index (κ2) is 9.47. The number of carbonyl (C=O) groups excluding carboxylic acids is 1. The predicted octanol–water partition coefficient (Wildman–Crippen LogP) is 3.50. The van der Waals surface area contributed by atoms with Crippen LogP contribution in [-0.2, 0) is 0 Å². The first-order valence-electron chi connectivity index (χ1n) is 10.3. The minimum atomic E-state index is -0.478. The molecule has 1 atom stereocenters. The highest BCUT2D eigenvalue weighted by Gasteiger charge is 2.29. The maximum Gasteiger partial charge on any atom is 0.261 e. The SMILES string of the molecule is COc1cc(-c2onc(N(C)C)c2C(=O)N(C)CCN2CCCCC2C)ccc1F. The fraction of sp³-hybridized carbons (Fsp3) is 0.545. The molecule has 7 nitrogen and oxygen atoms in total. The highest BCUT2D eigenvalue weighted by Crippen LogP contribution is 2.34. The van der Waals surface area contributed by atoms with Crippen LogP contribution in [0.15, 0.2) is 22.7 Å². The first-order chi connectivity index (χ1) is 14.3. The van der Waals surface area contributed by atoms with E-state index in [0.717, 1.165) is 13.1 Å². The Bertz CT molecular complexity index is 883. The number of ether oxygens (including phenoxy) is 1. The van der Waals surface area contributed by atoms with Gasteiger partial charge in [0.25, 0.3) is 5.91 Å². The van der Waals surface area contributed by atoms with Gasteiger partial charge in [-0.2, -0.15) is 0 Å². The first kappa shape index (κ1) is 22.1. The molecular formula is C22H31FN4O3. The van der Waals surface area contributed by atoms with Crippen molar-refractivity contribution in [2.75, 3.05) is 52.8 Å². The molecule has 1 saturated heterocycles. The van der Waals surface area contributed by atoms with Crippen LogP contribution in [0.5, 0.6) is 5.75 Å². The van der Waals surface area contributed by atoms with Crippen LogP contribution in [0.1, 0.15) is 36.5 Å². The molecule has 3 rings (SSSR count). The Balaban J connectivity index is 1.86. The van der Waals surface area contributed by atoms with Gasteiger partial charge in [-0.1, -0.05) is 11.6 Å². The van der Waals surface area contributed by atoms with Gasteiger partial charge in [-0.05, 0) is 44.5 Å². The highest BCUT2D eigenvalue weighted by atomic mass is 19.1. The van der Waals surface area contributed by atoms with Crippen molar-refractivity contribution in [2.24, 2.45) is 0 Å². The molecule has 0 radical (unpaired) electrons. The van der Waals surface area contributed by atoms with Crippen molar-refractivity contribution < 1.29 is 18.4 Å². The molecule has 2 aromatic rings. The molecule has 1 amide bonds. The van der Waals surface area contributed by atoms with Crippen molar-refractivity contribution >= 4 is 11.7 Å². The zero-order valence-electron chi connectivity index (χ0n) is 18.4. The number of nitrogens with zero attached hydrogens (tertiary/aromatic N) is 4. The minimum Gasteiger partial charge on any atom is -0.494 e. The third-order valence-electron chi connectivity index (χ3n) is 5.73. The van der Waals surface area contributed by atoms with Gasteiger partial charge >= 0.3 is 0 Å². The fourth-order valence-electron chi connectivity index (χ4n) is 3.84. The van der Waals surface area contributed by atoms with Crippen molar-refractivity contribution in [1.82, 2.24) is 15.0 Å². The molecule has 30 heavy (non-hydrogen) atoms. The van der Waals surface area contributed by atoms with Crippen LogP contribution >= 0.6 is 0 Å². The molecule has 0 spiro atoms. The number of amides is 1. The summed E-state index contributed by atoms with van der Waals surface area (Å²) in [6.07, 6.45) is 3.67. The summed E-state index contributed by atoms with van der Waals surface area (Å²) >= 11 is 0. The van der Waals surface area contributed by atoms with Crippen LogP contribution in [0.3, 0.4) is 0 Å². The van der Waals surface area contributed by atoms with Crippen molar-refractivity contribution in [3.8, 4) is 17.1 Å². The number of anilines is 1. The van der Waals surface area contributed by atoms with E-state index in [0.29, 0.717) is 35.3 Å². The van der Waals surface area contributed by atoms with Gasteiger partial charge in [0, 0.05) is 45.8 Å². The van der Waals surface area contributed by atoms with Gasteiger partial charge in [-0.15, -0.1) is 0 Å². The number of benzene rings is 1. The van der Waals surface area contributed by atoms with Gasteiger partial charge in [-0.3, -0.25) is 9.69 Å². The lowest BCUT2D eigenvalue weighted by Crippen LogP contribution is -2.43. The summed E-state index contributed by atoms with van der Waals surface area (Å²) < 4.78 is 24.5. The van der Waals surface area contributed by atoms with Gasteiger partial charge in [0.1, 0.15) is 5.56 Å².